The molecule has 1 aromatic heterocycles. The number of nitrogens with one attached hydrogen (secondary N) is 1. The molecule has 29 heavy (non-hydrogen) atoms. The van der Waals surface area contributed by atoms with Crippen molar-refractivity contribution >= 4 is 23.5 Å². The predicted octanol–water partition coefficient (Wildman–Crippen LogP) is 2.63. The van der Waals surface area contributed by atoms with Gasteiger partial charge in [0.05, 0.1) is 18.2 Å². The molecule has 0 aliphatic heterocycles. The fourth-order valence-electron chi connectivity index (χ4n) is 2.42. The second kappa shape index (κ2) is 8.79. The molecule has 0 bridgehead atoms. The topological polar surface area (TPSA) is 121 Å². The van der Waals surface area contributed by atoms with Gasteiger partial charge in [-0.1, -0.05) is 11.2 Å². The van der Waals surface area contributed by atoms with Crippen molar-refractivity contribution in [1.82, 2.24) is 10.1 Å². The average molecular weight is 395 g/mol. The van der Waals surface area contributed by atoms with Gasteiger partial charge in [0.1, 0.15) is 0 Å². The molecule has 0 fully saturated rings. The van der Waals surface area contributed by atoms with Crippen molar-refractivity contribution in [2.45, 2.75) is 6.92 Å². The molecule has 3 rings (SSSR count). The number of hydrogen-bond acceptors (Lipinski definition) is 8. The monoisotopic (exact) mass is 395 g/mol. The third-order valence-corrected chi connectivity index (χ3v) is 3.80. The lowest BCUT2D eigenvalue weighted by Gasteiger charge is -2.08. The minimum Gasteiger partial charge on any atom is -0.465 e. The minimum absolute atomic E-state index is 0.269. The Kier molecular flexibility index (Phi) is 5.98. The summed E-state index contributed by atoms with van der Waals surface area (Å²) in [5.74, 6) is -0.871. The van der Waals surface area contributed by atoms with Crippen molar-refractivity contribution in [3.63, 3.8) is 0 Å². The summed E-state index contributed by atoms with van der Waals surface area (Å²) in [6.45, 7) is 1.22. The Morgan fingerprint density at radius 1 is 1.03 bits per heavy atom. The number of nitrogens with zero attached hydrogens (tertiary/aromatic N) is 2. The molecule has 0 saturated carbocycles. The Morgan fingerprint density at radius 3 is 2.45 bits per heavy atom. The van der Waals surface area contributed by atoms with E-state index in [1.54, 1.807) is 37.3 Å². The molecule has 148 valence electrons. The summed E-state index contributed by atoms with van der Waals surface area (Å²) in [6.07, 6.45) is 0. The zero-order chi connectivity index (χ0) is 20.8. The molecular weight excluding hydrogens is 378 g/mol. The molecule has 0 unspecified atom stereocenters. The van der Waals surface area contributed by atoms with E-state index in [1.165, 1.54) is 25.3 Å². The maximum absolute atomic E-state index is 12.1. The van der Waals surface area contributed by atoms with Crippen molar-refractivity contribution in [1.29, 1.82) is 0 Å². The van der Waals surface area contributed by atoms with Gasteiger partial charge in [0.15, 0.2) is 12.4 Å². The van der Waals surface area contributed by atoms with E-state index in [-0.39, 0.29) is 5.56 Å². The summed E-state index contributed by atoms with van der Waals surface area (Å²) in [7, 11) is 1.27. The molecule has 3 aromatic rings. The smallest absolute Gasteiger partial charge is 0.338 e. The first-order valence-electron chi connectivity index (χ1n) is 8.52. The van der Waals surface area contributed by atoms with Crippen LogP contribution in [0, 0.1) is 6.92 Å². The van der Waals surface area contributed by atoms with Gasteiger partial charge in [-0.05, 0) is 49.4 Å². The molecule has 0 radical (unpaired) electrons. The van der Waals surface area contributed by atoms with Crippen molar-refractivity contribution in [2.24, 2.45) is 0 Å². The maximum Gasteiger partial charge on any atom is 0.338 e. The summed E-state index contributed by atoms with van der Waals surface area (Å²) in [5.41, 5.74) is 1.60. The first kappa shape index (κ1) is 19.7. The average Bonchev–Trinajstić information content (AvgIpc) is 3.18. The normalized spacial score (nSPS) is 10.3. The van der Waals surface area contributed by atoms with E-state index >= 15 is 0 Å². The molecule has 1 amide bonds. The van der Waals surface area contributed by atoms with E-state index in [1.807, 2.05) is 0 Å². The highest BCUT2D eigenvalue weighted by atomic mass is 16.5. The maximum atomic E-state index is 12.1. The number of aryl methyl sites for hydroxylation is 1. The van der Waals surface area contributed by atoms with E-state index in [0.717, 1.165) is 0 Å². The predicted molar refractivity (Wildman–Crippen MR) is 101 cm³/mol. The molecule has 0 atom stereocenters. The lowest BCUT2D eigenvalue weighted by Crippen LogP contribution is -2.21. The number of ether oxygens (including phenoxy) is 2. The van der Waals surface area contributed by atoms with Crippen molar-refractivity contribution in [3.05, 3.63) is 65.5 Å². The third kappa shape index (κ3) is 5.04. The number of hydrogen-bond donors (Lipinski definition) is 1. The molecule has 9 heteroatoms. The number of esters is 2. The van der Waals surface area contributed by atoms with Gasteiger partial charge < -0.3 is 19.3 Å². The fourth-order valence-corrected chi connectivity index (χ4v) is 2.42. The van der Waals surface area contributed by atoms with Crippen LogP contribution in [0.1, 0.15) is 26.5 Å². The molecule has 0 aliphatic rings. The summed E-state index contributed by atoms with van der Waals surface area (Å²) >= 11 is 0. The van der Waals surface area contributed by atoms with Crippen LogP contribution in [-0.2, 0) is 14.3 Å². The molecule has 9 nitrogen and oxygen atoms in total. The second-order valence-electron chi connectivity index (χ2n) is 5.92. The Morgan fingerprint density at radius 2 is 1.79 bits per heavy atom. The number of rotatable bonds is 6. The SMILES string of the molecule is COC(=O)c1cccc(NC(=O)COC(=O)c2ccc(-c3nc(C)no3)cc2)c1. The third-order valence-electron chi connectivity index (χ3n) is 3.80. The van der Waals surface area contributed by atoms with E-state index in [4.69, 9.17) is 9.26 Å². The molecule has 2 aromatic carbocycles. The summed E-state index contributed by atoms with van der Waals surface area (Å²) in [5, 5.41) is 6.26. The largest absolute Gasteiger partial charge is 0.465 e. The van der Waals surface area contributed by atoms with Crippen LogP contribution in [0.3, 0.4) is 0 Å². The number of carbonyl (C=O) groups excluding carboxylic acids is 3. The number of benzene rings is 2. The summed E-state index contributed by atoms with van der Waals surface area (Å²) in [4.78, 5) is 39.8. The van der Waals surface area contributed by atoms with Crippen LogP contribution in [0.2, 0.25) is 0 Å². The van der Waals surface area contributed by atoms with Gasteiger partial charge in [-0.15, -0.1) is 0 Å². The van der Waals surface area contributed by atoms with Crippen LogP contribution < -0.4 is 5.32 Å². The zero-order valence-corrected chi connectivity index (χ0v) is 15.7. The van der Waals surface area contributed by atoms with E-state index < -0.39 is 24.5 Å². The number of aromatic nitrogens is 2. The molecular formula is C20H17N3O6. The van der Waals surface area contributed by atoms with E-state index in [9.17, 15) is 14.4 Å². The zero-order valence-electron chi connectivity index (χ0n) is 15.7. The molecule has 0 aliphatic carbocycles. The molecule has 1 heterocycles. The minimum atomic E-state index is -0.656. The van der Waals surface area contributed by atoms with Gasteiger partial charge in [0, 0.05) is 11.3 Å². The van der Waals surface area contributed by atoms with Crippen LogP contribution in [-0.4, -0.2) is 41.7 Å². The van der Waals surface area contributed by atoms with Crippen LogP contribution in [0.5, 0.6) is 0 Å². The molecule has 1 N–H and O–H groups in total. The van der Waals surface area contributed by atoms with Gasteiger partial charge >= 0.3 is 11.9 Å². The standard InChI is InChI=1S/C20H17N3O6/c1-12-21-18(29-23-12)13-6-8-14(9-7-13)20(26)28-11-17(24)22-16-5-3-4-15(10-16)19(25)27-2/h3-10H,11H2,1-2H3,(H,22,24). The number of amides is 1. The van der Waals surface area contributed by atoms with Gasteiger partial charge in [0.25, 0.3) is 11.8 Å². The second-order valence-corrected chi connectivity index (χ2v) is 5.92. The number of methoxy groups -OCH3 is 1. The molecule has 0 spiro atoms. The Labute approximate surface area is 165 Å². The highest BCUT2D eigenvalue weighted by Crippen LogP contribution is 2.18. The number of anilines is 1. The van der Waals surface area contributed by atoms with E-state index in [0.29, 0.717) is 28.5 Å². The van der Waals surface area contributed by atoms with Crippen molar-refractivity contribution in [3.8, 4) is 11.5 Å². The quantitative estimate of drug-likeness (QED) is 0.632. The van der Waals surface area contributed by atoms with Crippen LogP contribution in [0.4, 0.5) is 5.69 Å². The highest BCUT2D eigenvalue weighted by Gasteiger charge is 2.13. The lowest BCUT2D eigenvalue weighted by molar-refractivity contribution is -0.119. The Bertz CT molecular complexity index is 1040. The van der Waals surface area contributed by atoms with Gasteiger partial charge in [0.2, 0.25) is 0 Å². The van der Waals surface area contributed by atoms with Crippen LogP contribution in [0.25, 0.3) is 11.5 Å². The van der Waals surface area contributed by atoms with Crippen LogP contribution >= 0.6 is 0 Å². The van der Waals surface area contributed by atoms with Gasteiger partial charge in [-0.25, -0.2) is 9.59 Å². The number of carbonyl (C=O) groups is 3. The summed E-state index contributed by atoms with van der Waals surface area (Å²) < 4.78 is 14.7. The van der Waals surface area contributed by atoms with Crippen LogP contribution in [0.15, 0.2) is 53.1 Å². The fraction of sp³-hybridized carbons (Fsp3) is 0.150. The molecule has 0 saturated heterocycles. The first-order chi connectivity index (χ1) is 14.0. The Balaban J connectivity index is 1.55. The van der Waals surface area contributed by atoms with Gasteiger partial charge in [-0.3, -0.25) is 4.79 Å². The van der Waals surface area contributed by atoms with Gasteiger partial charge in [-0.2, -0.15) is 4.98 Å². The summed E-state index contributed by atoms with van der Waals surface area (Å²) in [6, 6.07) is 12.6. The van der Waals surface area contributed by atoms with Crippen molar-refractivity contribution in [2.75, 3.05) is 19.0 Å². The van der Waals surface area contributed by atoms with E-state index in [2.05, 4.69) is 20.2 Å². The van der Waals surface area contributed by atoms with Crippen molar-refractivity contribution < 1.29 is 28.4 Å². The first-order valence-corrected chi connectivity index (χ1v) is 8.52. The highest BCUT2D eigenvalue weighted by molar-refractivity contribution is 5.97. The lowest BCUT2D eigenvalue weighted by atomic mass is 10.1. The Hall–Kier alpha value is -4.01.